The summed E-state index contributed by atoms with van der Waals surface area (Å²) in [7, 11) is 0. The Bertz CT molecular complexity index is 2960. The quantitative estimate of drug-likeness (QED) is 0.0752. The van der Waals surface area contributed by atoms with Gasteiger partial charge in [-0.25, -0.2) is 34.7 Å². The van der Waals surface area contributed by atoms with Crippen molar-refractivity contribution in [2.24, 2.45) is 11.8 Å². The maximum absolute atomic E-state index is 13.6. The second-order valence-corrected chi connectivity index (χ2v) is 18.1. The van der Waals surface area contributed by atoms with Crippen molar-refractivity contribution in [1.82, 2.24) is 50.3 Å². The monoisotopic (exact) mass is 978 g/mol. The van der Waals surface area contributed by atoms with Gasteiger partial charge in [-0.15, -0.1) is 0 Å². The minimum atomic E-state index is -4.51. The van der Waals surface area contributed by atoms with E-state index in [-0.39, 0.29) is 29.6 Å². The van der Waals surface area contributed by atoms with E-state index in [1.165, 1.54) is 4.90 Å². The SMILES string of the molecule is Cc1ccc2c(N)[nH]nc2n1.Cc1ccc2c(NC(=O)N3c4nc(C(=O)C[C@H](C)C(F)(F)F)nc(C)c4N4CCC[C@H]3C4)n[nH]c2n1.Cc1nc(C(=O)C[C@H](C)C(F)(F)F)nc2c1N1CCC[C@@H](C1)N2. The van der Waals surface area contributed by atoms with E-state index in [9.17, 15) is 40.7 Å². The van der Waals surface area contributed by atoms with Gasteiger partial charge in [0.15, 0.2) is 40.4 Å². The van der Waals surface area contributed by atoms with Crippen LogP contribution in [0.4, 0.5) is 65.8 Å². The molecule has 0 unspecified atom stereocenters. The van der Waals surface area contributed by atoms with E-state index < -0.39 is 54.6 Å². The maximum Gasteiger partial charge on any atom is 0.391 e. The Morgan fingerprint density at radius 3 is 1.97 bits per heavy atom. The molecule has 2 amide bonds. The van der Waals surface area contributed by atoms with Crippen LogP contribution in [0, 0.1) is 39.5 Å². The Morgan fingerprint density at radius 2 is 1.31 bits per heavy atom. The van der Waals surface area contributed by atoms with Gasteiger partial charge in [-0.05, 0) is 77.6 Å². The molecule has 10 heterocycles. The molecule has 6 N–H and O–H groups in total. The molecule has 2 fully saturated rings. The molecule has 4 aliphatic rings. The number of H-pyrrole nitrogens is 2. The molecule has 0 spiro atoms. The molecule has 10 rings (SSSR count). The van der Waals surface area contributed by atoms with Crippen molar-refractivity contribution in [3.05, 3.63) is 58.7 Å². The van der Waals surface area contributed by atoms with Crippen LogP contribution in [-0.2, 0) is 0 Å². The molecule has 70 heavy (non-hydrogen) atoms. The summed E-state index contributed by atoms with van der Waals surface area (Å²) >= 11 is 0. The average molecular weight is 979 g/mol. The van der Waals surface area contributed by atoms with Gasteiger partial charge in [-0.1, -0.05) is 13.8 Å². The van der Waals surface area contributed by atoms with Crippen molar-refractivity contribution in [3.63, 3.8) is 0 Å². The molecule has 0 aromatic carbocycles. The molecule has 372 valence electrons. The summed E-state index contributed by atoms with van der Waals surface area (Å²) < 4.78 is 77.0. The zero-order valence-electron chi connectivity index (χ0n) is 39.2. The van der Waals surface area contributed by atoms with E-state index in [2.05, 4.69) is 70.7 Å². The van der Waals surface area contributed by atoms with E-state index in [1.807, 2.05) is 26.0 Å². The molecular weight excluding hydrogens is 927 g/mol. The maximum atomic E-state index is 13.6. The lowest BCUT2D eigenvalue weighted by molar-refractivity contribution is -0.169. The van der Waals surface area contributed by atoms with Gasteiger partial charge >= 0.3 is 18.4 Å². The van der Waals surface area contributed by atoms with Crippen molar-refractivity contribution in [3.8, 4) is 0 Å². The van der Waals surface area contributed by atoms with Gasteiger partial charge in [0.05, 0.1) is 40.0 Å². The molecule has 4 bridgehead atoms. The number of aromatic nitrogens is 10. The van der Waals surface area contributed by atoms with Crippen LogP contribution in [0.15, 0.2) is 24.3 Å². The fourth-order valence-electron chi connectivity index (χ4n) is 8.92. The molecule has 2 saturated heterocycles. The molecule has 6 aromatic rings. The number of halogens is 6. The van der Waals surface area contributed by atoms with Gasteiger partial charge in [0.1, 0.15) is 17.2 Å². The first kappa shape index (κ1) is 49.2. The van der Waals surface area contributed by atoms with Crippen LogP contribution >= 0.6 is 0 Å². The van der Waals surface area contributed by atoms with Crippen LogP contribution in [0.2, 0.25) is 0 Å². The number of Topliss-reactive ketones (excluding diaryl/α,β-unsaturated/α-hetero) is 2. The molecule has 0 saturated carbocycles. The number of nitrogens with two attached hydrogens (primary N) is 1. The van der Waals surface area contributed by atoms with Crippen LogP contribution in [-0.4, -0.2) is 119 Å². The zero-order valence-corrected chi connectivity index (χ0v) is 39.2. The summed E-state index contributed by atoms with van der Waals surface area (Å²) in [4.78, 5) is 69.6. The lowest BCUT2D eigenvalue weighted by atomic mass is 9.99. The standard InChI is InChI=1S/C23H25F3N8O2.C15H19F3N4O.C7H8N4/c1-11(23(24,25)26)9-16(35)20-28-13(3)17-21(29-20)34(14-5-4-8-33(17)10-14)22(36)30-19-15-7-6-12(2)27-18(15)31-32-19;1-8(15(16,17)18)6-11(23)13-19-9(2)12-14(21-13)20-10-4-3-5-22(12)7-10;1-4-2-3-5-6(8)10-11-7(5)9-4/h6-7,11,14H,4-5,8-10H2,1-3H3,(H2,27,30,31,32,36);8,10H,3-7H2,1-2H3,(H,19,20,21);2-3H,1H3,(H3,8,9,10,11)/t11-,14-;8-,10-;/m00./s1. The number of urea groups is 1. The summed E-state index contributed by atoms with van der Waals surface area (Å²) in [6.07, 6.45) is -6.66. The first-order valence-electron chi connectivity index (χ1n) is 22.8. The number of pyridine rings is 2. The molecule has 4 atom stereocenters. The Hall–Kier alpha value is -7.21. The number of ketones is 2. The number of nitrogens with zero attached hydrogens (tertiary/aromatic N) is 11. The summed E-state index contributed by atoms with van der Waals surface area (Å²) in [5.41, 5.74) is 11.0. The lowest BCUT2D eigenvalue weighted by Crippen LogP contribution is -2.56. The lowest BCUT2D eigenvalue weighted by Gasteiger charge is -2.46. The van der Waals surface area contributed by atoms with Crippen LogP contribution in [0.5, 0.6) is 0 Å². The van der Waals surface area contributed by atoms with E-state index in [4.69, 9.17) is 5.73 Å². The van der Waals surface area contributed by atoms with Gasteiger partial charge in [0.2, 0.25) is 11.6 Å². The number of aryl methyl sites for hydroxylation is 4. The summed E-state index contributed by atoms with van der Waals surface area (Å²) in [5, 5.41) is 21.2. The van der Waals surface area contributed by atoms with Gasteiger partial charge in [-0.3, -0.25) is 30.0 Å². The molecule has 25 heteroatoms. The number of hydrogen-bond acceptors (Lipinski definition) is 15. The number of aromatic amines is 2. The molecular formula is C45H52F6N16O3. The number of alkyl halides is 6. The van der Waals surface area contributed by atoms with E-state index in [1.54, 1.807) is 26.0 Å². The predicted octanol–water partition coefficient (Wildman–Crippen LogP) is 7.96. The van der Waals surface area contributed by atoms with Crippen LogP contribution in [0.25, 0.3) is 22.1 Å². The molecule has 0 aliphatic carbocycles. The number of anilines is 6. The topological polar surface area (TPSA) is 246 Å². The number of rotatable bonds is 7. The van der Waals surface area contributed by atoms with Gasteiger partial charge in [-0.2, -0.15) is 36.5 Å². The number of fused-ring (bicyclic) bond motifs is 10. The van der Waals surface area contributed by atoms with Crippen molar-refractivity contribution < 1.29 is 40.7 Å². The minimum Gasteiger partial charge on any atom is -0.384 e. The van der Waals surface area contributed by atoms with Crippen molar-refractivity contribution >= 4 is 74.3 Å². The molecule has 4 aliphatic heterocycles. The van der Waals surface area contributed by atoms with Gasteiger partial charge in [0, 0.05) is 56.5 Å². The van der Waals surface area contributed by atoms with Crippen LogP contribution < -0.4 is 31.1 Å². The highest BCUT2D eigenvalue weighted by molar-refractivity contribution is 6.08. The second kappa shape index (κ2) is 19.3. The number of nitrogens with one attached hydrogen (secondary N) is 4. The Kier molecular flexibility index (Phi) is 13.6. The number of hydrogen-bond donors (Lipinski definition) is 5. The fraction of sp³-hybridized carbons (Fsp3) is 0.489. The normalized spacial score (nSPS) is 18.1. The second-order valence-electron chi connectivity index (χ2n) is 18.1. The number of piperidine rings is 2. The number of carbonyl (C=O) groups excluding carboxylic acids is 3. The number of amides is 2. The number of carbonyl (C=O) groups is 3. The molecule has 6 aromatic heterocycles. The zero-order chi connectivity index (χ0) is 50.4. The third-order valence-corrected chi connectivity index (χ3v) is 12.7. The fourth-order valence-corrected chi connectivity index (χ4v) is 8.92. The van der Waals surface area contributed by atoms with E-state index in [0.29, 0.717) is 64.2 Å². The largest absolute Gasteiger partial charge is 0.391 e. The third-order valence-electron chi connectivity index (χ3n) is 12.7. The molecule has 19 nitrogen and oxygen atoms in total. The Balaban J connectivity index is 0.000000164. The molecule has 0 radical (unpaired) electrons. The number of nitrogen functional groups attached to an aromatic ring is 1. The summed E-state index contributed by atoms with van der Waals surface area (Å²) in [6, 6.07) is 6.96. The Labute approximate surface area is 396 Å². The van der Waals surface area contributed by atoms with Gasteiger partial charge < -0.3 is 20.9 Å². The van der Waals surface area contributed by atoms with Crippen LogP contribution in [0.1, 0.15) is 96.4 Å². The highest BCUT2D eigenvalue weighted by Crippen LogP contribution is 2.41. The highest BCUT2D eigenvalue weighted by atomic mass is 19.4. The van der Waals surface area contributed by atoms with Gasteiger partial charge in [0.25, 0.3) is 0 Å². The van der Waals surface area contributed by atoms with E-state index >= 15 is 0 Å². The third kappa shape index (κ3) is 10.4. The van der Waals surface area contributed by atoms with Crippen molar-refractivity contribution in [1.29, 1.82) is 0 Å². The first-order chi connectivity index (χ1) is 33.0. The minimum absolute atomic E-state index is 0.133. The summed E-state index contributed by atoms with van der Waals surface area (Å²) in [6.45, 7) is 12.2. The van der Waals surface area contributed by atoms with Crippen molar-refractivity contribution in [2.45, 2.75) is 105 Å². The highest BCUT2D eigenvalue weighted by Gasteiger charge is 2.42. The first-order valence-corrected chi connectivity index (χ1v) is 22.8. The smallest absolute Gasteiger partial charge is 0.384 e. The summed E-state index contributed by atoms with van der Waals surface area (Å²) in [5.74, 6) is -3.84. The predicted molar refractivity (Wildman–Crippen MR) is 249 cm³/mol. The van der Waals surface area contributed by atoms with Crippen molar-refractivity contribution in [2.75, 3.05) is 57.2 Å². The Morgan fingerprint density at radius 1 is 0.729 bits per heavy atom. The average Bonchev–Trinajstić information content (AvgIpc) is 3.86. The van der Waals surface area contributed by atoms with Crippen LogP contribution in [0.3, 0.4) is 0 Å². The van der Waals surface area contributed by atoms with E-state index in [0.717, 1.165) is 75.2 Å².